The molecule has 12 heavy (non-hydrogen) atoms. The van der Waals surface area contributed by atoms with E-state index in [4.69, 9.17) is 15.9 Å². The Morgan fingerprint density at radius 2 is 2.17 bits per heavy atom. The normalized spacial score (nSPS) is 9.75. The number of anilines is 1. The first-order chi connectivity index (χ1) is 5.65. The van der Waals surface area contributed by atoms with E-state index in [9.17, 15) is 4.79 Å². The van der Waals surface area contributed by atoms with Crippen molar-refractivity contribution in [3.05, 3.63) is 29.3 Å². The second kappa shape index (κ2) is 3.23. The third-order valence-corrected chi connectivity index (χ3v) is 1.53. The maximum Gasteiger partial charge on any atom is 0.337 e. The summed E-state index contributed by atoms with van der Waals surface area (Å²) in [4.78, 5) is 10.5. The van der Waals surface area contributed by atoms with Crippen LogP contribution in [-0.4, -0.2) is 16.2 Å². The van der Waals surface area contributed by atoms with Gasteiger partial charge in [-0.3, -0.25) is 0 Å². The van der Waals surface area contributed by atoms with Gasteiger partial charge >= 0.3 is 5.97 Å². The number of benzene rings is 1. The zero-order valence-electron chi connectivity index (χ0n) is 6.32. The fraction of sp³-hybridized carbons (Fsp3) is 0.125. The van der Waals surface area contributed by atoms with Gasteiger partial charge < -0.3 is 15.9 Å². The Balaban J connectivity index is 3.17. The first-order valence-corrected chi connectivity index (χ1v) is 3.37. The van der Waals surface area contributed by atoms with E-state index in [0.717, 1.165) is 0 Å². The highest BCUT2D eigenvalue weighted by molar-refractivity contribution is 5.93. The van der Waals surface area contributed by atoms with Crippen molar-refractivity contribution in [3.63, 3.8) is 0 Å². The van der Waals surface area contributed by atoms with Crippen molar-refractivity contribution >= 4 is 11.7 Å². The molecule has 0 fully saturated rings. The third kappa shape index (κ3) is 1.54. The Morgan fingerprint density at radius 1 is 1.50 bits per heavy atom. The lowest BCUT2D eigenvalue weighted by Crippen LogP contribution is -2.03. The lowest BCUT2D eigenvalue weighted by molar-refractivity contribution is 0.0698. The van der Waals surface area contributed by atoms with Crippen LogP contribution in [0, 0.1) is 0 Å². The Hall–Kier alpha value is -1.55. The lowest BCUT2D eigenvalue weighted by Gasteiger charge is -2.01. The summed E-state index contributed by atoms with van der Waals surface area (Å²) >= 11 is 0. The molecule has 0 aliphatic rings. The smallest absolute Gasteiger partial charge is 0.337 e. The van der Waals surface area contributed by atoms with Crippen LogP contribution in [0.25, 0.3) is 0 Å². The maximum atomic E-state index is 10.5. The lowest BCUT2D eigenvalue weighted by atomic mass is 10.1. The number of aliphatic hydroxyl groups excluding tert-OH is 1. The number of carboxylic acids is 1. The topological polar surface area (TPSA) is 83.5 Å². The van der Waals surface area contributed by atoms with Crippen molar-refractivity contribution in [1.82, 2.24) is 0 Å². The summed E-state index contributed by atoms with van der Waals surface area (Å²) in [7, 11) is 0. The average Bonchev–Trinajstić information content (AvgIpc) is 2.05. The van der Waals surface area contributed by atoms with Gasteiger partial charge in [0, 0.05) is 5.69 Å². The number of aromatic carboxylic acids is 1. The molecule has 0 spiro atoms. The van der Waals surface area contributed by atoms with Gasteiger partial charge in [0.05, 0.1) is 12.2 Å². The van der Waals surface area contributed by atoms with E-state index in [2.05, 4.69) is 0 Å². The number of hydrogen-bond donors (Lipinski definition) is 3. The van der Waals surface area contributed by atoms with E-state index < -0.39 is 5.97 Å². The number of aliphatic hydroxyl groups is 1. The van der Waals surface area contributed by atoms with Crippen LogP contribution >= 0.6 is 0 Å². The zero-order chi connectivity index (χ0) is 9.14. The standard InChI is InChI=1S/C8H9NO3/c9-7-2-1-5(4-10)3-6(7)8(11)12/h1-3,10H,4,9H2,(H,11,12). The third-order valence-electron chi connectivity index (χ3n) is 1.53. The summed E-state index contributed by atoms with van der Waals surface area (Å²) in [6, 6.07) is 4.41. The summed E-state index contributed by atoms with van der Waals surface area (Å²) < 4.78 is 0. The maximum absolute atomic E-state index is 10.5. The minimum atomic E-state index is -1.08. The van der Waals surface area contributed by atoms with E-state index in [1.165, 1.54) is 12.1 Å². The van der Waals surface area contributed by atoms with Crippen LogP contribution in [-0.2, 0) is 6.61 Å². The molecule has 4 nitrogen and oxygen atoms in total. The largest absolute Gasteiger partial charge is 0.478 e. The Kier molecular flexibility index (Phi) is 2.30. The van der Waals surface area contributed by atoms with Gasteiger partial charge in [-0.15, -0.1) is 0 Å². The Morgan fingerprint density at radius 3 is 2.67 bits per heavy atom. The molecule has 0 aliphatic carbocycles. The second-order valence-corrected chi connectivity index (χ2v) is 2.38. The number of hydrogen-bond acceptors (Lipinski definition) is 3. The van der Waals surface area contributed by atoms with Gasteiger partial charge in [0.2, 0.25) is 0 Å². The molecule has 0 amide bonds. The molecule has 0 unspecified atom stereocenters. The minimum Gasteiger partial charge on any atom is -0.478 e. The van der Waals surface area contributed by atoms with E-state index >= 15 is 0 Å². The fourth-order valence-electron chi connectivity index (χ4n) is 0.887. The predicted molar refractivity (Wildman–Crippen MR) is 43.7 cm³/mol. The molecule has 4 N–H and O–H groups in total. The van der Waals surface area contributed by atoms with E-state index in [0.29, 0.717) is 5.56 Å². The van der Waals surface area contributed by atoms with Gasteiger partial charge in [-0.25, -0.2) is 4.79 Å². The van der Waals surface area contributed by atoms with E-state index in [1.807, 2.05) is 0 Å². The van der Waals surface area contributed by atoms with Gasteiger partial charge in [-0.1, -0.05) is 6.07 Å². The van der Waals surface area contributed by atoms with Gasteiger partial charge in [0.25, 0.3) is 0 Å². The molecule has 0 saturated heterocycles. The molecule has 0 aliphatic heterocycles. The monoisotopic (exact) mass is 167 g/mol. The van der Waals surface area contributed by atoms with Gasteiger partial charge in [-0.05, 0) is 17.7 Å². The van der Waals surface area contributed by atoms with Crippen LogP contribution in [0.2, 0.25) is 0 Å². The molecule has 0 saturated carbocycles. The quantitative estimate of drug-likeness (QED) is 0.559. The number of carboxylic acid groups (broad SMARTS) is 1. The van der Waals surface area contributed by atoms with Crippen molar-refractivity contribution in [2.45, 2.75) is 6.61 Å². The van der Waals surface area contributed by atoms with Crippen molar-refractivity contribution in [2.24, 2.45) is 0 Å². The SMILES string of the molecule is Nc1ccc(CO)cc1C(=O)O. The number of nitrogen functional groups attached to an aromatic ring is 1. The number of carbonyl (C=O) groups is 1. The molecule has 0 bridgehead atoms. The first kappa shape index (κ1) is 8.55. The molecule has 0 radical (unpaired) electrons. The van der Waals surface area contributed by atoms with Crippen molar-refractivity contribution in [1.29, 1.82) is 0 Å². The molecule has 1 aromatic rings. The highest BCUT2D eigenvalue weighted by Crippen LogP contribution is 2.13. The van der Waals surface area contributed by atoms with E-state index in [1.54, 1.807) is 6.07 Å². The number of nitrogens with two attached hydrogens (primary N) is 1. The summed E-state index contributed by atoms with van der Waals surface area (Å²) in [5.41, 5.74) is 6.16. The molecule has 64 valence electrons. The van der Waals surface area contributed by atoms with Gasteiger partial charge in [0.1, 0.15) is 0 Å². The average molecular weight is 167 g/mol. The van der Waals surface area contributed by atoms with Gasteiger partial charge in [0.15, 0.2) is 0 Å². The summed E-state index contributed by atoms with van der Waals surface area (Å²) in [6.45, 7) is -0.180. The van der Waals surface area contributed by atoms with Crippen LogP contribution < -0.4 is 5.73 Å². The molecular weight excluding hydrogens is 158 g/mol. The van der Waals surface area contributed by atoms with Crippen LogP contribution in [0.5, 0.6) is 0 Å². The molecule has 4 heteroatoms. The summed E-state index contributed by atoms with van der Waals surface area (Å²) in [5, 5.41) is 17.3. The highest BCUT2D eigenvalue weighted by atomic mass is 16.4. The molecular formula is C8H9NO3. The zero-order valence-corrected chi connectivity index (χ0v) is 6.32. The van der Waals surface area contributed by atoms with Crippen LogP contribution in [0.1, 0.15) is 15.9 Å². The Labute approximate surface area is 69.3 Å². The summed E-state index contributed by atoms with van der Waals surface area (Å²) in [5.74, 6) is -1.08. The van der Waals surface area contributed by atoms with Crippen LogP contribution in [0.3, 0.4) is 0 Å². The van der Waals surface area contributed by atoms with Crippen LogP contribution in [0.15, 0.2) is 18.2 Å². The summed E-state index contributed by atoms with van der Waals surface area (Å²) in [6.07, 6.45) is 0. The first-order valence-electron chi connectivity index (χ1n) is 3.37. The van der Waals surface area contributed by atoms with Crippen molar-refractivity contribution < 1.29 is 15.0 Å². The molecule has 0 heterocycles. The molecule has 0 atom stereocenters. The predicted octanol–water partition coefficient (Wildman–Crippen LogP) is 0.459. The Bertz CT molecular complexity index is 309. The van der Waals surface area contributed by atoms with E-state index in [-0.39, 0.29) is 17.9 Å². The number of rotatable bonds is 2. The highest BCUT2D eigenvalue weighted by Gasteiger charge is 2.07. The van der Waals surface area contributed by atoms with Crippen LogP contribution in [0.4, 0.5) is 5.69 Å². The molecule has 1 rings (SSSR count). The molecule has 1 aromatic carbocycles. The van der Waals surface area contributed by atoms with Crippen molar-refractivity contribution in [2.75, 3.05) is 5.73 Å². The van der Waals surface area contributed by atoms with Gasteiger partial charge in [-0.2, -0.15) is 0 Å². The van der Waals surface area contributed by atoms with Crippen molar-refractivity contribution in [3.8, 4) is 0 Å². The fourth-order valence-corrected chi connectivity index (χ4v) is 0.887. The molecule has 0 aromatic heterocycles. The minimum absolute atomic E-state index is 0.0292. The second-order valence-electron chi connectivity index (χ2n) is 2.38.